The van der Waals surface area contributed by atoms with E-state index in [0.29, 0.717) is 18.6 Å². The molecule has 0 aliphatic carbocycles. The van der Waals surface area contributed by atoms with Crippen LogP contribution in [0.15, 0.2) is 35.3 Å². The number of hydrogen-bond acceptors (Lipinski definition) is 4. The van der Waals surface area contributed by atoms with E-state index in [1.54, 1.807) is 0 Å². The van der Waals surface area contributed by atoms with Crippen LogP contribution >= 0.6 is 0 Å². The standard InChI is InChI=1S/C22H35N5O/c1-2-23-22(24-14-21-16-25-10-12-26(21)13-11-25)27-9-8-20(15-27)18-28-17-19-6-4-3-5-7-19/h3-7,20-21H,2,8-18H2,1H3,(H,23,24). The number of piperazine rings is 3. The van der Waals surface area contributed by atoms with Gasteiger partial charge in [-0.3, -0.25) is 14.8 Å². The van der Waals surface area contributed by atoms with Crippen LogP contribution in [0.1, 0.15) is 18.9 Å². The van der Waals surface area contributed by atoms with Crippen molar-refractivity contribution in [3.8, 4) is 0 Å². The van der Waals surface area contributed by atoms with Gasteiger partial charge in [-0.25, -0.2) is 0 Å². The van der Waals surface area contributed by atoms with Crippen molar-refractivity contribution in [3.05, 3.63) is 35.9 Å². The summed E-state index contributed by atoms with van der Waals surface area (Å²) in [5.74, 6) is 1.68. The Hall–Kier alpha value is -1.63. The molecule has 0 amide bonds. The number of hydrogen-bond donors (Lipinski definition) is 1. The highest BCUT2D eigenvalue weighted by molar-refractivity contribution is 5.80. The number of guanidine groups is 1. The van der Waals surface area contributed by atoms with Crippen LogP contribution in [0.25, 0.3) is 0 Å². The summed E-state index contributed by atoms with van der Waals surface area (Å²) >= 11 is 0. The SMILES string of the molecule is CCNC(=NCC1CN2CCN1CC2)N1CCC(COCc2ccccc2)C1. The van der Waals surface area contributed by atoms with Crippen LogP contribution in [0.5, 0.6) is 0 Å². The average Bonchev–Trinajstić information content (AvgIpc) is 3.21. The van der Waals surface area contributed by atoms with E-state index in [1.807, 2.05) is 6.07 Å². The first-order chi connectivity index (χ1) is 13.8. The Labute approximate surface area is 169 Å². The van der Waals surface area contributed by atoms with Gasteiger partial charge >= 0.3 is 0 Å². The maximum Gasteiger partial charge on any atom is 0.193 e. The highest BCUT2D eigenvalue weighted by atomic mass is 16.5. The Kier molecular flexibility index (Phi) is 6.83. The van der Waals surface area contributed by atoms with E-state index in [0.717, 1.165) is 38.7 Å². The van der Waals surface area contributed by atoms with E-state index in [2.05, 4.69) is 51.2 Å². The molecule has 0 spiro atoms. The normalized spacial score (nSPS) is 30.0. The van der Waals surface area contributed by atoms with Gasteiger partial charge in [0.1, 0.15) is 0 Å². The number of rotatable bonds is 7. The van der Waals surface area contributed by atoms with E-state index in [1.165, 1.54) is 44.7 Å². The van der Waals surface area contributed by atoms with Gasteiger partial charge < -0.3 is 15.0 Å². The third-order valence-corrected chi connectivity index (χ3v) is 6.23. The predicted molar refractivity (Wildman–Crippen MR) is 114 cm³/mol. The summed E-state index contributed by atoms with van der Waals surface area (Å²) in [7, 11) is 0. The van der Waals surface area contributed by atoms with Crippen LogP contribution < -0.4 is 5.32 Å². The zero-order chi connectivity index (χ0) is 19.2. The zero-order valence-corrected chi connectivity index (χ0v) is 17.2. The average molecular weight is 386 g/mol. The van der Waals surface area contributed by atoms with E-state index in [4.69, 9.17) is 9.73 Å². The fourth-order valence-corrected chi connectivity index (χ4v) is 4.59. The topological polar surface area (TPSA) is 43.3 Å². The molecule has 1 aromatic carbocycles. The molecule has 2 bridgehead atoms. The number of fused-ring (bicyclic) bond motifs is 3. The van der Waals surface area contributed by atoms with Crippen molar-refractivity contribution in [2.24, 2.45) is 10.9 Å². The highest BCUT2D eigenvalue weighted by Crippen LogP contribution is 2.19. The number of benzene rings is 1. The van der Waals surface area contributed by atoms with Gasteiger partial charge in [-0.05, 0) is 18.9 Å². The van der Waals surface area contributed by atoms with Gasteiger partial charge in [0.15, 0.2) is 5.96 Å². The van der Waals surface area contributed by atoms with Gasteiger partial charge in [-0.1, -0.05) is 30.3 Å². The van der Waals surface area contributed by atoms with Crippen LogP contribution in [0.2, 0.25) is 0 Å². The van der Waals surface area contributed by atoms with Crippen molar-refractivity contribution in [2.45, 2.75) is 26.0 Å². The van der Waals surface area contributed by atoms with Gasteiger partial charge in [0, 0.05) is 64.3 Å². The van der Waals surface area contributed by atoms with E-state index in [-0.39, 0.29) is 0 Å². The molecule has 4 aliphatic rings. The lowest BCUT2D eigenvalue weighted by atomic mass is 10.1. The molecule has 0 aromatic heterocycles. The zero-order valence-electron chi connectivity index (χ0n) is 17.2. The molecular formula is C22H35N5O. The van der Waals surface area contributed by atoms with Crippen LogP contribution in [0.3, 0.4) is 0 Å². The lowest BCUT2D eigenvalue weighted by Crippen LogP contribution is -2.62. The molecule has 4 heterocycles. The summed E-state index contributed by atoms with van der Waals surface area (Å²) in [6.45, 7) is 13.7. The lowest BCUT2D eigenvalue weighted by Gasteiger charge is -2.47. The Morgan fingerprint density at radius 3 is 2.64 bits per heavy atom. The fourth-order valence-electron chi connectivity index (χ4n) is 4.59. The first-order valence-electron chi connectivity index (χ1n) is 10.9. The first kappa shape index (κ1) is 19.7. The third-order valence-electron chi connectivity index (χ3n) is 6.23. The van der Waals surface area contributed by atoms with Crippen molar-refractivity contribution in [1.82, 2.24) is 20.0 Å². The summed E-state index contributed by atoms with van der Waals surface area (Å²) in [5, 5.41) is 3.51. The number of aliphatic imine (C=N–C) groups is 1. The first-order valence-corrected chi connectivity index (χ1v) is 10.9. The molecule has 6 heteroatoms. The molecule has 0 radical (unpaired) electrons. The van der Waals surface area contributed by atoms with Crippen molar-refractivity contribution in [2.75, 3.05) is 65.5 Å². The number of nitrogens with zero attached hydrogens (tertiary/aromatic N) is 4. The Balaban J connectivity index is 1.25. The maximum atomic E-state index is 5.98. The molecule has 4 saturated heterocycles. The third kappa shape index (κ3) is 5.04. The predicted octanol–water partition coefficient (Wildman–Crippen LogP) is 1.49. The molecule has 5 rings (SSSR count). The van der Waals surface area contributed by atoms with Gasteiger partial charge in [0.2, 0.25) is 0 Å². The molecular weight excluding hydrogens is 350 g/mol. The van der Waals surface area contributed by atoms with Crippen molar-refractivity contribution >= 4 is 5.96 Å². The van der Waals surface area contributed by atoms with E-state index < -0.39 is 0 Å². The molecule has 2 atom stereocenters. The summed E-state index contributed by atoms with van der Waals surface area (Å²) in [4.78, 5) is 12.7. The maximum absolute atomic E-state index is 5.98. The summed E-state index contributed by atoms with van der Waals surface area (Å²) in [6.07, 6.45) is 1.18. The second-order valence-corrected chi connectivity index (χ2v) is 8.29. The molecule has 1 N–H and O–H groups in total. The molecule has 6 nitrogen and oxygen atoms in total. The van der Waals surface area contributed by atoms with Crippen LogP contribution in [-0.2, 0) is 11.3 Å². The number of nitrogens with one attached hydrogen (secondary N) is 1. The minimum Gasteiger partial charge on any atom is -0.376 e. The van der Waals surface area contributed by atoms with Gasteiger partial charge in [0.25, 0.3) is 0 Å². The molecule has 2 unspecified atom stereocenters. The largest absolute Gasteiger partial charge is 0.376 e. The van der Waals surface area contributed by atoms with Crippen LogP contribution in [-0.4, -0.2) is 92.2 Å². The van der Waals surface area contributed by atoms with Gasteiger partial charge in [0.05, 0.1) is 19.8 Å². The second kappa shape index (κ2) is 9.72. The van der Waals surface area contributed by atoms with Crippen molar-refractivity contribution < 1.29 is 4.74 Å². The summed E-state index contributed by atoms with van der Waals surface area (Å²) in [6, 6.07) is 11.0. The molecule has 0 saturated carbocycles. The van der Waals surface area contributed by atoms with Gasteiger partial charge in [-0.2, -0.15) is 0 Å². The minimum atomic E-state index is 0.587. The molecule has 4 aliphatic heterocycles. The molecule has 28 heavy (non-hydrogen) atoms. The highest BCUT2D eigenvalue weighted by Gasteiger charge is 2.32. The smallest absolute Gasteiger partial charge is 0.193 e. The van der Waals surface area contributed by atoms with Gasteiger partial charge in [-0.15, -0.1) is 0 Å². The summed E-state index contributed by atoms with van der Waals surface area (Å²) < 4.78 is 5.98. The second-order valence-electron chi connectivity index (χ2n) is 8.29. The monoisotopic (exact) mass is 385 g/mol. The van der Waals surface area contributed by atoms with Crippen molar-refractivity contribution in [3.63, 3.8) is 0 Å². The van der Waals surface area contributed by atoms with E-state index >= 15 is 0 Å². The number of likely N-dealkylation sites (tertiary alicyclic amines) is 1. The Morgan fingerprint density at radius 1 is 1.11 bits per heavy atom. The molecule has 154 valence electrons. The molecule has 4 fully saturated rings. The fraction of sp³-hybridized carbons (Fsp3) is 0.682. The van der Waals surface area contributed by atoms with E-state index in [9.17, 15) is 0 Å². The lowest BCUT2D eigenvalue weighted by molar-refractivity contribution is 0.0173. The van der Waals surface area contributed by atoms with Crippen molar-refractivity contribution in [1.29, 1.82) is 0 Å². The van der Waals surface area contributed by atoms with Crippen LogP contribution in [0, 0.1) is 5.92 Å². The van der Waals surface area contributed by atoms with Crippen LogP contribution in [0.4, 0.5) is 0 Å². The Bertz CT molecular complexity index is 629. The quantitative estimate of drug-likeness (QED) is 0.569. The minimum absolute atomic E-state index is 0.587. The number of ether oxygens (including phenoxy) is 1. The Morgan fingerprint density at radius 2 is 1.93 bits per heavy atom. The summed E-state index contributed by atoms with van der Waals surface area (Å²) in [5.41, 5.74) is 1.25. The molecule has 1 aromatic rings.